The number of ether oxygens (including phenoxy) is 2. The monoisotopic (exact) mass is 470 g/mol. The van der Waals surface area contributed by atoms with E-state index in [1.54, 1.807) is 6.92 Å². The molecule has 0 fully saturated rings. The molecule has 0 spiro atoms. The minimum absolute atomic E-state index is 0.210. The van der Waals surface area contributed by atoms with Gasteiger partial charge in [-0.25, -0.2) is 9.36 Å². The highest BCUT2D eigenvalue weighted by atomic mass is 16.5. The summed E-state index contributed by atoms with van der Waals surface area (Å²) in [6, 6.07) is 0. The molecule has 0 aliphatic rings. The van der Waals surface area contributed by atoms with Gasteiger partial charge in [-0.05, 0) is 39.0 Å². The van der Waals surface area contributed by atoms with Crippen LogP contribution < -0.4 is 5.69 Å². The lowest BCUT2D eigenvalue weighted by molar-refractivity contribution is -0.145. The molecule has 33 heavy (non-hydrogen) atoms. The van der Waals surface area contributed by atoms with E-state index in [0.29, 0.717) is 31.4 Å². The first-order valence-corrected chi connectivity index (χ1v) is 12.1. The van der Waals surface area contributed by atoms with Crippen LogP contribution in [0.25, 0.3) is 0 Å². The Hall–Kier alpha value is -2.29. The van der Waals surface area contributed by atoms with Crippen molar-refractivity contribution in [2.45, 2.75) is 117 Å². The zero-order chi connectivity index (χ0) is 24.9. The summed E-state index contributed by atoms with van der Waals surface area (Å²) in [7, 11) is 1.37. The number of nitrogens with zero attached hydrogens (tertiary/aromatic N) is 2. The Kier molecular flexibility index (Phi) is 12.9. The van der Waals surface area contributed by atoms with E-state index in [-0.39, 0.29) is 25.1 Å². The fourth-order valence-corrected chi connectivity index (χ4v) is 3.81. The SMILES string of the molecule is CCCCCCC(C)(O)CCn1c(CCCCCCC(=O)OC)c(O)n(COC(C)=O)c1=O. The fraction of sp³-hybridized carbons (Fsp3) is 0.792. The summed E-state index contributed by atoms with van der Waals surface area (Å²) in [6.45, 7) is 5.06. The van der Waals surface area contributed by atoms with Crippen LogP contribution in [0.3, 0.4) is 0 Å². The van der Waals surface area contributed by atoms with Gasteiger partial charge in [0.1, 0.15) is 0 Å². The van der Waals surface area contributed by atoms with Gasteiger partial charge in [-0.3, -0.25) is 14.2 Å². The predicted octanol–water partition coefficient (Wildman–Crippen LogP) is 3.65. The highest BCUT2D eigenvalue weighted by Gasteiger charge is 2.24. The van der Waals surface area contributed by atoms with Crippen LogP contribution in [0.4, 0.5) is 0 Å². The van der Waals surface area contributed by atoms with E-state index < -0.39 is 17.3 Å². The molecule has 1 unspecified atom stereocenters. The highest BCUT2D eigenvalue weighted by Crippen LogP contribution is 2.23. The smallest absolute Gasteiger partial charge is 0.334 e. The Balaban J connectivity index is 2.83. The van der Waals surface area contributed by atoms with Gasteiger partial charge in [0.25, 0.3) is 0 Å². The zero-order valence-corrected chi connectivity index (χ0v) is 20.7. The summed E-state index contributed by atoms with van der Waals surface area (Å²) < 4.78 is 12.1. The summed E-state index contributed by atoms with van der Waals surface area (Å²) in [5, 5.41) is 21.4. The molecular formula is C24H42N2O7. The molecule has 1 aromatic rings. The number of aromatic hydroxyl groups is 1. The number of hydrogen-bond donors (Lipinski definition) is 2. The van der Waals surface area contributed by atoms with Crippen molar-refractivity contribution in [3.63, 3.8) is 0 Å². The van der Waals surface area contributed by atoms with Gasteiger partial charge >= 0.3 is 17.6 Å². The van der Waals surface area contributed by atoms with Crippen molar-refractivity contribution < 1.29 is 29.3 Å². The third-order valence-corrected chi connectivity index (χ3v) is 5.91. The molecule has 0 radical (unpaired) electrons. The van der Waals surface area contributed by atoms with Crippen LogP contribution in [0, 0.1) is 0 Å². The fourth-order valence-electron chi connectivity index (χ4n) is 3.81. The van der Waals surface area contributed by atoms with Gasteiger partial charge in [-0.15, -0.1) is 0 Å². The Morgan fingerprint density at radius 2 is 1.67 bits per heavy atom. The summed E-state index contributed by atoms with van der Waals surface area (Å²) in [5.41, 5.74) is -0.899. The van der Waals surface area contributed by atoms with E-state index in [1.807, 2.05) is 0 Å². The van der Waals surface area contributed by atoms with Gasteiger partial charge in [-0.1, -0.05) is 45.4 Å². The molecule has 0 amide bonds. The van der Waals surface area contributed by atoms with E-state index in [2.05, 4.69) is 11.7 Å². The van der Waals surface area contributed by atoms with Crippen molar-refractivity contribution in [2.24, 2.45) is 0 Å². The van der Waals surface area contributed by atoms with Crippen molar-refractivity contribution in [1.29, 1.82) is 0 Å². The van der Waals surface area contributed by atoms with E-state index >= 15 is 0 Å². The van der Waals surface area contributed by atoms with Gasteiger partial charge < -0.3 is 19.7 Å². The maximum absolute atomic E-state index is 12.9. The normalized spacial score (nSPS) is 13.0. The van der Waals surface area contributed by atoms with Crippen LogP contribution in [0.1, 0.15) is 97.1 Å². The van der Waals surface area contributed by atoms with Crippen molar-refractivity contribution in [1.82, 2.24) is 9.13 Å². The standard InChI is InChI=1S/C24H42N2O7/c1-5-6-7-12-15-24(3,31)16-17-25-20(13-10-8-9-11-14-21(28)32-4)22(29)26(23(25)30)18-33-19(2)27/h29,31H,5-18H2,1-4H3. The lowest BCUT2D eigenvalue weighted by Gasteiger charge is -2.23. The molecule has 0 saturated heterocycles. The maximum Gasteiger partial charge on any atom is 0.334 e. The Labute approximate surface area is 196 Å². The van der Waals surface area contributed by atoms with E-state index in [0.717, 1.165) is 55.9 Å². The second-order valence-corrected chi connectivity index (χ2v) is 8.95. The summed E-state index contributed by atoms with van der Waals surface area (Å²) in [6.07, 6.45) is 9.21. The molecule has 1 heterocycles. The topological polar surface area (TPSA) is 120 Å². The Morgan fingerprint density at radius 1 is 1.00 bits per heavy atom. The summed E-state index contributed by atoms with van der Waals surface area (Å²) >= 11 is 0. The molecule has 1 atom stereocenters. The molecule has 0 aliphatic carbocycles. The zero-order valence-electron chi connectivity index (χ0n) is 20.7. The molecule has 0 bridgehead atoms. The molecule has 1 aromatic heterocycles. The van der Waals surface area contributed by atoms with Crippen LogP contribution in [0.5, 0.6) is 5.88 Å². The first-order chi connectivity index (χ1) is 15.6. The molecular weight excluding hydrogens is 428 g/mol. The van der Waals surface area contributed by atoms with Crippen LogP contribution in [0.2, 0.25) is 0 Å². The van der Waals surface area contributed by atoms with E-state index in [1.165, 1.54) is 18.6 Å². The number of hydrogen-bond acceptors (Lipinski definition) is 7. The molecule has 0 aliphatic heterocycles. The number of imidazole rings is 1. The van der Waals surface area contributed by atoms with Gasteiger partial charge in [0.2, 0.25) is 5.88 Å². The van der Waals surface area contributed by atoms with Crippen molar-refractivity contribution in [2.75, 3.05) is 7.11 Å². The van der Waals surface area contributed by atoms with Crippen LogP contribution in [-0.2, 0) is 38.8 Å². The number of aliphatic hydroxyl groups is 1. The average Bonchev–Trinajstić information content (AvgIpc) is 2.99. The number of carbonyl (C=O) groups is 2. The van der Waals surface area contributed by atoms with Crippen molar-refractivity contribution in [3.05, 3.63) is 16.2 Å². The molecule has 0 aromatic carbocycles. The van der Waals surface area contributed by atoms with Gasteiger partial charge in [0.05, 0.1) is 18.4 Å². The lowest BCUT2D eigenvalue weighted by Crippen LogP contribution is -2.31. The maximum atomic E-state index is 12.9. The largest absolute Gasteiger partial charge is 0.493 e. The number of esters is 2. The number of rotatable bonds is 17. The molecule has 2 N–H and O–H groups in total. The number of aromatic nitrogens is 2. The minimum atomic E-state index is -0.911. The summed E-state index contributed by atoms with van der Waals surface area (Å²) in [4.78, 5) is 35.3. The van der Waals surface area contributed by atoms with Crippen LogP contribution in [0.15, 0.2) is 4.79 Å². The third-order valence-electron chi connectivity index (χ3n) is 5.91. The minimum Gasteiger partial charge on any atom is -0.493 e. The number of unbranched alkanes of at least 4 members (excludes halogenated alkanes) is 6. The second-order valence-electron chi connectivity index (χ2n) is 8.95. The molecule has 1 rings (SSSR count). The van der Waals surface area contributed by atoms with Gasteiger partial charge in [0, 0.05) is 19.9 Å². The Morgan fingerprint density at radius 3 is 2.30 bits per heavy atom. The van der Waals surface area contributed by atoms with E-state index in [9.17, 15) is 24.6 Å². The van der Waals surface area contributed by atoms with E-state index in [4.69, 9.17) is 4.74 Å². The summed E-state index contributed by atoms with van der Waals surface area (Å²) in [5.74, 6) is -0.986. The molecule has 9 heteroatoms. The second kappa shape index (κ2) is 14.8. The van der Waals surface area contributed by atoms with Gasteiger partial charge in [0.15, 0.2) is 6.73 Å². The quantitative estimate of drug-likeness (QED) is 0.263. The highest BCUT2D eigenvalue weighted by molar-refractivity contribution is 5.68. The molecule has 190 valence electrons. The van der Waals surface area contributed by atoms with Crippen LogP contribution in [-0.4, -0.2) is 44.0 Å². The Bertz CT molecular complexity index is 795. The average molecular weight is 471 g/mol. The first kappa shape index (κ1) is 28.7. The lowest BCUT2D eigenvalue weighted by atomic mass is 9.94. The van der Waals surface area contributed by atoms with Gasteiger partial charge in [-0.2, -0.15) is 0 Å². The number of carbonyl (C=O) groups excluding carboxylic acids is 2. The van der Waals surface area contributed by atoms with Crippen molar-refractivity contribution >= 4 is 11.9 Å². The third kappa shape index (κ3) is 10.5. The van der Waals surface area contributed by atoms with Crippen molar-refractivity contribution in [3.8, 4) is 5.88 Å². The number of methoxy groups -OCH3 is 1. The first-order valence-electron chi connectivity index (χ1n) is 12.1. The van der Waals surface area contributed by atoms with Crippen LogP contribution >= 0.6 is 0 Å². The molecule has 0 saturated carbocycles. The molecule has 9 nitrogen and oxygen atoms in total. The predicted molar refractivity (Wildman–Crippen MR) is 125 cm³/mol.